The Balaban J connectivity index is 1.96. The summed E-state index contributed by atoms with van der Waals surface area (Å²) in [6.45, 7) is -0.928. The maximum Gasteiger partial charge on any atom is 0.416 e. The molecular formula is C14H13ClF4N4O2S. The lowest BCUT2D eigenvalue weighted by molar-refractivity contribution is -0.205. The van der Waals surface area contributed by atoms with E-state index in [1.54, 1.807) is 6.07 Å². The number of likely N-dealkylation sites (N-methyl/N-ethyl adjacent to an activating group) is 1. The van der Waals surface area contributed by atoms with E-state index in [0.717, 1.165) is 24.5 Å². The van der Waals surface area contributed by atoms with Gasteiger partial charge in [-0.1, -0.05) is 22.9 Å². The van der Waals surface area contributed by atoms with Crippen molar-refractivity contribution in [3.8, 4) is 0 Å². The summed E-state index contributed by atoms with van der Waals surface area (Å²) >= 11 is 6.74. The second-order valence-electron chi connectivity index (χ2n) is 5.32. The molecule has 0 spiro atoms. The third kappa shape index (κ3) is 5.78. The standard InChI is InChI=1S/C14H13ClF4N4O2S/c1-23(6-10(24)14(17,18)19)13(25)20-12-22-21-11(26-12)4-7-2-8(15)5-9(16)3-7/h2-3,5,10,24H,4,6H2,1H3,(H,20,22,25)/t10-/m1/s1. The lowest BCUT2D eigenvalue weighted by atomic mass is 10.1. The van der Waals surface area contributed by atoms with Gasteiger partial charge in [-0.15, -0.1) is 10.2 Å². The SMILES string of the molecule is CN(C[C@@H](O)C(F)(F)F)C(=O)Nc1nnc(Cc2cc(F)cc(Cl)c2)s1. The first-order valence-electron chi connectivity index (χ1n) is 7.09. The maximum atomic E-state index is 13.3. The minimum absolute atomic E-state index is 0.0563. The fraction of sp³-hybridized carbons (Fsp3) is 0.357. The first-order chi connectivity index (χ1) is 12.0. The number of urea groups is 1. The number of carbonyl (C=O) groups excluding carboxylic acids is 1. The van der Waals surface area contributed by atoms with Gasteiger partial charge in [-0.05, 0) is 23.8 Å². The highest BCUT2D eigenvalue weighted by Crippen LogP contribution is 2.23. The number of alkyl halides is 3. The molecule has 0 bridgehead atoms. The number of nitrogens with one attached hydrogen (secondary N) is 1. The van der Waals surface area contributed by atoms with E-state index in [2.05, 4.69) is 15.5 Å². The predicted octanol–water partition coefficient (Wildman–Crippen LogP) is 3.31. The molecule has 6 nitrogen and oxygen atoms in total. The highest BCUT2D eigenvalue weighted by Gasteiger charge is 2.39. The van der Waals surface area contributed by atoms with Gasteiger partial charge in [0.05, 0.1) is 6.54 Å². The molecular weight excluding hydrogens is 400 g/mol. The number of amides is 2. The number of rotatable bonds is 5. The number of aliphatic hydroxyl groups is 1. The molecule has 2 amide bonds. The van der Waals surface area contributed by atoms with Crippen LogP contribution in [0, 0.1) is 5.82 Å². The second kappa shape index (κ2) is 8.14. The summed E-state index contributed by atoms with van der Waals surface area (Å²) in [5.41, 5.74) is 0.550. The van der Waals surface area contributed by atoms with Crippen molar-refractivity contribution in [3.63, 3.8) is 0 Å². The quantitative estimate of drug-likeness (QED) is 0.738. The molecule has 2 rings (SSSR count). The molecule has 2 N–H and O–H groups in total. The Labute approximate surface area is 154 Å². The van der Waals surface area contributed by atoms with E-state index in [9.17, 15) is 22.4 Å². The molecule has 0 radical (unpaired) electrons. The Kier molecular flexibility index (Phi) is 6.37. The first kappa shape index (κ1) is 20.3. The summed E-state index contributed by atoms with van der Waals surface area (Å²) in [5, 5.41) is 19.5. The van der Waals surface area contributed by atoms with Crippen molar-refractivity contribution in [2.45, 2.75) is 18.7 Å². The van der Waals surface area contributed by atoms with Crippen LogP contribution in [0.15, 0.2) is 18.2 Å². The topological polar surface area (TPSA) is 78.4 Å². The normalized spacial score (nSPS) is 12.7. The van der Waals surface area contributed by atoms with Crippen LogP contribution in [0.5, 0.6) is 0 Å². The number of carbonyl (C=O) groups is 1. The highest BCUT2D eigenvalue weighted by atomic mass is 35.5. The van der Waals surface area contributed by atoms with Gasteiger partial charge in [-0.25, -0.2) is 9.18 Å². The molecule has 0 aliphatic carbocycles. The average molecular weight is 413 g/mol. The van der Waals surface area contributed by atoms with Gasteiger partial charge in [-0.3, -0.25) is 5.32 Å². The van der Waals surface area contributed by atoms with Crippen LogP contribution in [-0.4, -0.2) is 52.1 Å². The van der Waals surface area contributed by atoms with E-state index < -0.39 is 30.7 Å². The summed E-state index contributed by atoms with van der Waals surface area (Å²) in [6, 6.07) is 3.10. The maximum absolute atomic E-state index is 13.3. The summed E-state index contributed by atoms with van der Waals surface area (Å²) in [5.74, 6) is -0.504. The minimum atomic E-state index is -4.82. The van der Waals surface area contributed by atoms with Crippen LogP contribution in [0.4, 0.5) is 27.5 Å². The summed E-state index contributed by atoms with van der Waals surface area (Å²) in [6.07, 6.45) is -7.26. The fourth-order valence-corrected chi connectivity index (χ4v) is 2.90. The van der Waals surface area contributed by atoms with Gasteiger partial charge in [0.15, 0.2) is 6.10 Å². The Hall–Kier alpha value is -1.98. The van der Waals surface area contributed by atoms with E-state index >= 15 is 0 Å². The molecule has 0 fully saturated rings. The van der Waals surface area contributed by atoms with E-state index in [1.807, 2.05) is 0 Å². The number of nitrogens with zero attached hydrogens (tertiary/aromatic N) is 3. The molecule has 0 saturated carbocycles. The van der Waals surface area contributed by atoms with Crippen LogP contribution in [0.25, 0.3) is 0 Å². The predicted molar refractivity (Wildman–Crippen MR) is 87.8 cm³/mol. The highest BCUT2D eigenvalue weighted by molar-refractivity contribution is 7.15. The Morgan fingerprint density at radius 1 is 1.38 bits per heavy atom. The van der Waals surface area contributed by atoms with Crippen LogP contribution < -0.4 is 5.32 Å². The van der Waals surface area contributed by atoms with Gasteiger partial charge in [0.2, 0.25) is 5.13 Å². The number of hydrogen-bond donors (Lipinski definition) is 2. The molecule has 1 heterocycles. The number of aliphatic hydroxyl groups excluding tert-OH is 1. The van der Waals surface area contributed by atoms with E-state index in [-0.39, 0.29) is 16.6 Å². The molecule has 0 saturated heterocycles. The number of hydrogen-bond acceptors (Lipinski definition) is 5. The Morgan fingerprint density at radius 2 is 2.08 bits per heavy atom. The van der Waals surface area contributed by atoms with E-state index in [4.69, 9.17) is 16.7 Å². The van der Waals surface area contributed by atoms with Crippen LogP contribution in [0.1, 0.15) is 10.6 Å². The van der Waals surface area contributed by atoms with Gasteiger partial charge in [0.1, 0.15) is 10.8 Å². The molecule has 12 heteroatoms. The number of halogens is 5. The molecule has 1 aromatic heterocycles. The lowest BCUT2D eigenvalue weighted by Crippen LogP contribution is -2.43. The molecule has 26 heavy (non-hydrogen) atoms. The molecule has 0 aliphatic rings. The monoisotopic (exact) mass is 412 g/mol. The van der Waals surface area contributed by atoms with Crippen molar-refractivity contribution < 1.29 is 27.5 Å². The fourth-order valence-electron chi connectivity index (χ4n) is 1.90. The Bertz CT molecular complexity index is 766. The molecule has 0 unspecified atom stereocenters. The van der Waals surface area contributed by atoms with Gasteiger partial charge < -0.3 is 10.0 Å². The van der Waals surface area contributed by atoms with Gasteiger partial charge in [0.25, 0.3) is 0 Å². The summed E-state index contributed by atoms with van der Waals surface area (Å²) in [4.78, 5) is 12.5. The van der Waals surface area contributed by atoms with Crippen molar-refractivity contribution in [1.82, 2.24) is 15.1 Å². The van der Waals surface area contributed by atoms with Gasteiger partial charge in [0, 0.05) is 18.5 Å². The Morgan fingerprint density at radius 3 is 2.69 bits per heavy atom. The van der Waals surface area contributed by atoms with E-state index in [0.29, 0.717) is 15.5 Å². The second-order valence-corrected chi connectivity index (χ2v) is 6.82. The number of anilines is 1. The zero-order valence-electron chi connectivity index (χ0n) is 13.2. The molecule has 1 aromatic carbocycles. The lowest BCUT2D eigenvalue weighted by Gasteiger charge is -2.22. The molecule has 0 aliphatic heterocycles. The van der Waals surface area contributed by atoms with Crippen molar-refractivity contribution >= 4 is 34.1 Å². The zero-order valence-corrected chi connectivity index (χ0v) is 14.8. The molecule has 1 atom stereocenters. The average Bonchev–Trinajstić information content (AvgIpc) is 2.91. The third-order valence-electron chi connectivity index (χ3n) is 3.13. The van der Waals surface area contributed by atoms with Crippen molar-refractivity contribution in [3.05, 3.63) is 39.6 Å². The van der Waals surface area contributed by atoms with Crippen LogP contribution in [0.3, 0.4) is 0 Å². The minimum Gasteiger partial charge on any atom is -0.382 e. The zero-order chi connectivity index (χ0) is 19.5. The number of aromatic nitrogens is 2. The van der Waals surface area contributed by atoms with Crippen LogP contribution >= 0.6 is 22.9 Å². The van der Waals surface area contributed by atoms with Crippen LogP contribution in [-0.2, 0) is 6.42 Å². The third-order valence-corrected chi connectivity index (χ3v) is 4.19. The van der Waals surface area contributed by atoms with Gasteiger partial charge >= 0.3 is 12.2 Å². The number of benzene rings is 1. The summed E-state index contributed by atoms with van der Waals surface area (Å²) in [7, 11) is 1.10. The summed E-state index contributed by atoms with van der Waals surface area (Å²) < 4.78 is 50.2. The van der Waals surface area contributed by atoms with Crippen LogP contribution in [0.2, 0.25) is 5.02 Å². The van der Waals surface area contributed by atoms with Gasteiger partial charge in [-0.2, -0.15) is 13.2 Å². The van der Waals surface area contributed by atoms with Crippen molar-refractivity contribution in [2.75, 3.05) is 18.9 Å². The smallest absolute Gasteiger partial charge is 0.382 e. The molecule has 2 aromatic rings. The van der Waals surface area contributed by atoms with Crippen molar-refractivity contribution in [2.24, 2.45) is 0 Å². The molecule has 142 valence electrons. The van der Waals surface area contributed by atoms with E-state index in [1.165, 1.54) is 6.07 Å². The van der Waals surface area contributed by atoms with Crippen molar-refractivity contribution in [1.29, 1.82) is 0 Å². The first-order valence-corrected chi connectivity index (χ1v) is 8.28. The largest absolute Gasteiger partial charge is 0.416 e.